The van der Waals surface area contributed by atoms with Gasteiger partial charge in [-0.15, -0.1) is 0 Å². The molecule has 0 unspecified atom stereocenters. The Morgan fingerprint density at radius 3 is 2.28 bits per heavy atom. The zero-order valence-corrected chi connectivity index (χ0v) is 17.3. The molecule has 0 bridgehead atoms. The van der Waals surface area contributed by atoms with Crippen molar-refractivity contribution in [2.45, 2.75) is 12.5 Å². The molecule has 0 aliphatic heterocycles. The van der Waals surface area contributed by atoms with Crippen molar-refractivity contribution in [2.75, 3.05) is 7.11 Å². The van der Waals surface area contributed by atoms with Gasteiger partial charge in [0.05, 0.1) is 11.6 Å². The lowest BCUT2D eigenvalue weighted by Crippen LogP contribution is -2.43. The number of ether oxygens (including phenoxy) is 1. The van der Waals surface area contributed by atoms with E-state index >= 15 is 0 Å². The number of hydrogen-bond donors (Lipinski definition) is 2. The fourth-order valence-corrected chi connectivity index (χ4v) is 3.30. The summed E-state index contributed by atoms with van der Waals surface area (Å²) in [5.41, 5.74) is 3.40. The van der Waals surface area contributed by atoms with Gasteiger partial charge >= 0.3 is 5.97 Å². The number of aromatic hydroxyl groups is 1. The van der Waals surface area contributed by atoms with Crippen LogP contribution in [0.25, 0.3) is 11.1 Å². The van der Waals surface area contributed by atoms with Crippen LogP contribution in [0.15, 0.2) is 77.3 Å². The van der Waals surface area contributed by atoms with Crippen LogP contribution in [-0.4, -0.2) is 30.1 Å². The van der Waals surface area contributed by atoms with E-state index < -0.39 is 17.9 Å². The Labute approximate surface area is 177 Å². The van der Waals surface area contributed by atoms with Crippen molar-refractivity contribution in [1.29, 1.82) is 0 Å². The molecular weight excluding hydrogens is 434 g/mol. The summed E-state index contributed by atoms with van der Waals surface area (Å²) < 4.78 is 5.25. The highest BCUT2D eigenvalue weighted by Gasteiger charge is 2.23. The summed E-state index contributed by atoms with van der Waals surface area (Å²) in [5, 5.41) is 12.3. The molecule has 0 aliphatic carbocycles. The Hall–Kier alpha value is -3.12. The summed E-state index contributed by atoms with van der Waals surface area (Å²) in [6.45, 7) is 0. The summed E-state index contributed by atoms with van der Waals surface area (Å²) in [6.07, 6.45) is 0.298. The fourth-order valence-electron chi connectivity index (χ4n) is 2.92. The van der Waals surface area contributed by atoms with Crippen molar-refractivity contribution < 1.29 is 19.4 Å². The quantitative estimate of drug-likeness (QED) is 0.544. The number of carbonyl (C=O) groups is 2. The van der Waals surface area contributed by atoms with Gasteiger partial charge in [0.25, 0.3) is 5.91 Å². The number of hydrogen-bond acceptors (Lipinski definition) is 4. The SMILES string of the molecule is COC(=O)[C@H](Cc1ccc(-c2ccccc2)cc1)NC(=O)c1ccc(O)c(Br)c1. The maximum absolute atomic E-state index is 12.5. The summed E-state index contributed by atoms with van der Waals surface area (Å²) >= 11 is 3.18. The summed E-state index contributed by atoms with van der Waals surface area (Å²) in [6, 6.07) is 21.4. The Bertz CT molecular complexity index is 1000. The predicted octanol–water partition coefficient (Wildman–Crippen LogP) is 4.34. The highest BCUT2D eigenvalue weighted by atomic mass is 79.9. The number of phenolic OH excluding ortho intramolecular Hbond substituents is 1. The van der Waals surface area contributed by atoms with Crippen molar-refractivity contribution in [1.82, 2.24) is 5.32 Å². The number of amides is 1. The number of methoxy groups -OCH3 is 1. The predicted molar refractivity (Wildman–Crippen MR) is 115 cm³/mol. The van der Waals surface area contributed by atoms with Crippen molar-refractivity contribution >= 4 is 27.8 Å². The molecule has 0 radical (unpaired) electrons. The molecule has 0 heterocycles. The molecule has 0 saturated heterocycles. The third-order valence-corrected chi connectivity index (χ3v) is 5.14. The Morgan fingerprint density at radius 1 is 1.00 bits per heavy atom. The second kappa shape index (κ2) is 9.39. The van der Waals surface area contributed by atoms with Gasteiger partial charge in [0.2, 0.25) is 0 Å². The Morgan fingerprint density at radius 2 is 1.66 bits per heavy atom. The monoisotopic (exact) mass is 453 g/mol. The van der Waals surface area contributed by atoms with Gasteiger partial charge < -0.3 is 15.2 Å². The molecule has 6 heteroatoms. The third-order valence-electron chi connectivity index (χ3n) is 4.50. The Balaban J connectivity index is 1.74. The number of phenols is 1. The molecule has 2 N–H and O–H groups in total. The highest BCUT2D eigenvalue weighted by molar-refractivity contribution is 9.10. The maximum Gasteiger partial charge on any atom is 0.328 e. The fraction of sp³-hybridized carbons (Fsp3) is 0.130. The first-order valence-corrected chi connectivity index (χ1v) is 9.79. The molecule has 3 aromatic rings. The number of halogens is 1. The molecule has 0 aromatic heterocycles. The van der Waals surface area contributed by atoms with Crippen LogP contribution in [0.5, 0.6) is 5.75 Å². The van der Waals surface area contributed by atoms with Crippen molar-refractivity contribution in [2.24, 2.45) is 0 Å². The molecule has 0 spiro atoms. The van der Waals surface area contributed by atoms with Crippen molar-refractivity contribution in [3.05, 3.63) is 88.4 Å². The molecule has 3 rings (SSSR count). The molecule has 0 saturated carbocycles. The van der Waals surface area contributed by atoms with Crippen LogP contribution < -0.4 is 5.32 Å². The topological polar surface area (TPSA) is 75.6 Å². The highest BCUT2D eigenvalue weighted by Crippen LogP contribution is 2.24. The largest absolute Gasteiger partial charge is 0.507 e. The minimum absolute atomic E-state index is 0.0320. The average Bonchev–Trinajstić information content (AvgIpc) is 2.75. The van der Waals surface area contributed by atoms with Gasteiger partial charge in [-0.2, -0.15) is 0 Å². The van der Waals surface area contributed by atoms with E-state index in [1.165, 1.54) is 25.3 Å². The van der Waals surface area contributed by atoms with E-state index in [0.717, 1.165) is 16.7 Å². The van der Waals surface area contributed by atoms with E-state index in [9.17, 15) is 14.7 Å². The van der Waals surface area contributed by atoms with Gasteiger partial charge in [-0.1, -0.05) is 54.6 Å². The van der Waals surface area contributed by atoms with Gasteiger partial charge in [0.1, 0.15) is 11.8 Å². The van der Waals surface area contributed by atoms with Crippen LogP contribution in [0, 0.1) is 0 Å². The van der Waals surface area contributed by atoms with Crippen LogP contribution in [0.4, 0.5) is 0 Å². The van der Waals surface area contributed by atoms with Gasteiger partial charge in [-0.05, 0) is 50.8 Å². The first kappa shape index (κ1) is 20.6. The number of esters is 1. The van der Waals surface area contributed by atoms with E-state index in [2.05, 4.69) is 21.2 Å². The molecule has 1 amide bonds. The lowest BCUT2D eigenvalue weighted by molar-refractivity contribution is -0.142. The molecule has 148 valence electrons. The van der Waals surface area contributed by atoms with E-state index in [0.29, 0.717) is 16.5 Å². The number of benzene rings is 3. The minimum atomic E-state index is -0.831. The molecule has 1 atom stereocenters. The van der Waals surface area contributed by atoms with Crippen LogP contribution in [-0.2, 0) is 16.0 Å². The summed E-state index contributed by atoms with van der Waals surface area (Å²) in [4.78, 5) is 24.8. The second-order valence-corrected chi connectivity index (χ2v) is 7.34. The van der Waals surface area contributed by atoms with E-state index in [4.69, 9.17) is 4.74 Å². The van der Waals surface area contributed by atoms with Crippen molar-refractivity contribution in [3.8, 4) is 16.9 Å². The van der Waals surface area contributed by atoms with Crippen LogP contribution >= 0.6 is 15.9 Å². The zero-order chi connectivity index (χ0) is 20.8. The standard InChI is InChI=1S/C23H20BrNO4/c1-29-23(28)20(25-22(27)18-11-12-21(26)19(24)14-18)13-15-7-9-17(10-8-15)16-5-3-2-4-6-16/h2-12,14,20,26H,13H2,1H3,(H,25,27)/t20-/m0/s1. The first-order chi connectivity index (χ1) is 14.0. The van der Waals surface area contributed by atoms with Crippen molar-refractivity contribution in [3.63, 3.8) is 0 Å². The molecule has 3 aromatic carbocycles. The van der Waals surface area contributed by atoms with Crippen LogP contribution in [0.3, 0.4) is 0 Å². The zero-order valence-electron chi connectivity index (χ0n) is 15.8. The lowest BCUT2D eigenvalue weighted by atomic mass is 10.0. The average molecular weight is 454 g/mol. The Kier molecular flexibility index (Phi) is 6.67. The first-order valence-electron chi connectivity index (χ1n) is 8.99. The molecule has 29 heavy (non-hydrogen) atoms. The number of carbonyl (C=O) groups excluding carboxylic acids is 2. The minimum Gasteiger partial charge on any atom is -0.507 e. The van der Waals surface area contributed by atoms with E-state index in [1.54, 1.807) is 0 Å². The molecular formula is C23H20BrNO4. The van der Waals surface area contributed by atoms with Gasteiger partial charge in [0, 0.05) is 12.0 Å². The maximum atomic E-state index is 12.5. The molecule has 5 nitrogen and oxygen atoms in total. The molecule has 0 fully saturated rings. The van der Waals surface area contributed by atoms with E-state index in [-0.39, 0.29) is 5.75 Å². The summed E-state index contributed by atoms with van der Waals surface area (Å²) in [5.74, 6) is -0.921. The smallest absolute Gasteiger partial charge is 0.328 e. The second-order valence-electron chi connectivity index (χ2n) is 6.48. The van der Waals surface area contributed by atoms with Gasteiger partial charge in [-0.25, -0.2) is 4.79 Å². The normalized spacial score (nSPS) is 11.5. The number of nitrogens with one attached hydrogen (secondary N) is 1. The molecule has 0 aliphatic rings. The number of rotatable bonds is 6. The van der Waals surface area contributed by atoms with Gasteiger partial charge in [-0.3, -0.25) is 4.79 Å². The lowest BCUT2D eigenvalue weighted by Gasteiger charge is -2.17. The van der Waals surface area contributed by atoms with Crippen LogP contribution in [0.2, 0.25) is 0 Å². The third kappa shape index (κ3) is 5.23. The van der Waals surface area contributed by atoms with Crippen LogP contribution in [0.1, 0.15) is 15.9 Å². The van der Waals surface area contributed by atoms with E-state index in [1.807, 2.05) is 54.6 Å². The summed E-state index contributed by atoms with van der Waals surface area (Å²) in [7, 11) is 1.29. The van der Waals surface area contributed by atoms with Gasteiger partial charge in [0.15, 0.2) is 0 Å².